The van der Waals surface area contributed by atoms with Crippen LogP contribution >= 0.6 is 0 Å². The highest BCUT2D eigenvalue weighted by Crippen LogP contribution is 2.43. The topological polar surface area (TPSA) is 78.5 Å². The molecule has 0 radical (unpaired) electrons. The fraction of sp³-hybridized carbons (Fsp3) is 0.103. The quantitative estimate of drug-likeness (QED) is 0.180. The van der Waals surface area contributed by atoms with Gasteiger partial charge in [0.05, 0.1) is 5.69 Å². The number of rotatable bonds is 7. The number of para-hydroxylation sites is 1. The third-order valence-corrected chi connectivity index (χ3v) is 8.00. The van der Waals surface area contributed by atoms with Gasteiger partial charge in [0.1, 0.15) is 0 Å². The summed E-state index contributed by atoms with van der Waals surface area (Å²) >= 11 is 0. The molecule has 0 aromatic heterocycles. The van der Waals surface area contributed by atoms with Crippen molar-refractivity contribution in [2.45, 2.75) is 18.9 Å². The van der Waals surface area contributed by atoms with Gasteiger partial charge in [-0.3, -0.25) is 14.4 Å². The zero-order valence-electron chi connectivity index (χ0n) is 25.3. The van der Waals surface area contributed by atoms with Gasteiger partial charge in [0.25, 0.3) is 17.7 Å². The van der Waals surface area contributed by atoms with Crippen molar-refractivity contribution in [3.05, 3.63) is 162 Å². The number of hydrogen-bond acceptors (Lipinski definition) is 3. The normalized spacial score (nSPS) is 14.5. The fourth-order valence-electron chi connectivity index (χ4n) is 5.60. The Bertz CT molecular complexity index is 1940. The molecule has 1 heterocycles. The van der Waals surface area contributed by atoms with Crippen LogP contribution in [0.25, 0.3) is 16.7 Å². The lowest BCUT2D eigenvalue weighted by Gasteiger charge is -2.23. The van der Waals surface area contributed by atoms with E-state index in [1.807, 2.05) is 72.8 Å². The van der Waals surface area contributed by atoms with Crippen LogP contribution in [0.3, 0.4) is 0 Å². The van der Waals surface area contributed by atoms with E-state index in [9.17, 15) is 14.4 Å². The van der Waals surface area contributed by atoms with Gasteiger partial charge in [-0.15, -0.1) is 0 Å². The van der Waals surface area contributed by atoms with Crippen molar-refractivity contribution < 1.29 is 23.2 Å². The van der Waals surface area contributed by atoms with Crippen LogP contribution in [0.2, 0.25) is 0 Å². The zero-order valence-corrected chi connectivity index (χ0v) is 25.3. The van der Waals surface area contributed by atoms with E-state index >= 15 is 8.78 Å². The second kappa shape index (κ2) is 13.6. The van der Waals surface area contributed by atoms with E-state index in [4.69, 9.17) is 0 Å². The molecule has 6 nitrogen and oxygen atoms in total. The Morgan fingerprint density at radius 2 is 1.34 bits per heavy atom. The van der Waals surface area contributed by atoms with Crippen LogP contribution in [0.4, 0.5) is 20.2 Å². The molecular formula is C39H31F2N3O3. The van der Waals surface area contributed by atoms with Crippen molar-refractivity contribution in [1.29, 1.82) is 0 Å². The molecule has 0 spiro atoms. The summed E-state index contributed by atoms with van der Waals surface area (Å²) in [4.78, 5) is 41.1. The first kappa shape index (κ1) is 31.1. The number of carbonyl (C=O) groups is 3. The smallest absolute Gasteiger partial charge is 0.275 e. The van der Waals surface area contributed by atoms with E-state index < -0.39 is 29.7 Å². The number of amides is 3. The molecule has 8 heteroatoms. The molecule has 5 aromatic carbocycles. The zero-order chi connectivity index (χ0) is 32.8. The lowest BCUT2D eigenvalue weighted by Crippen LogP contribution is -2.33. The average molecular weight is 628 g/mol. The minimum Gasteiger partial charge on any atom is -0.348 e. The number of carbonyl (C=O) groups excluding carboxylic acids is 3. The second-order valence-corrected chi connectivity index (χ2v) is 11.1. The molecule has 0 bridgehead atoms. The molecule has 47 heavy (non-hydrogen) atoms. The first-order chi connectivity index (χ1) is 22.8. The number of hydrogen-bond donors (Lipinski definition) is 2. The lowest BCUT2D eigenvalue weighted by molar-refractivity contribution is -0.116. The van der Waals surface area contributed by atoms with Crippen LogP contribution in [0.15, 0.2) is 140 Å². The summed E-state index contributed by atoms with van der Waals surface area (Å²) in [5, 5.41) is 5.56. The number of nitrogens with one attached hydrogen (secondary N) is 2. The summed E-state index contributed by atoms with van der Waals surface area (Å²) in [5.41, 5.74) is 3.73. The summed E-state index contributed by atoms with van der Waals surface area (Å²) in [6.45, 7) is -0.0716. The molecule has 1 aliphatic rings. The molecular weight excluding hydrogens is 596 g/mol. The van der Waals surface area contributed by atoms with Gasteiger partial charge in [-0.05, 0) is 53.1 Å². The van der Waals surface area contributed by atoms with Crippen molar-refractivity contribution in [3.8, 4) is 11.1 Å². The third kappa shape index (κ3) is 7.02. The number of alkyl halides is 2. The van der Waals surface area contributed by atoms with Crippen molar-refractivity contribution in [2.24, 2.45) is 0 Å². The van der Waals surface area contributed by atoms with Crippen molar-refractivity contribution >= 4 is 34.7 Å². The molecule has 0 aliphatic carbocycles. The molecule has 5 aromatic rings. The van der Waals surface area contributed by atoms with E-state index in [1.54, 1.807) is 54.6 Å². The maximum atomic E-state index is 15.6. The maximum absolute atomic E-state index is 15.6. The molecule has 0 saturated heterocycles. The van der Waals surface area contributed by atoms with Gasteiger partial charge in [-0.25, -0.2) is 8.78 Å². The van der Waals surface area contributed by atoms with Crippen LogP contribution in [0.5, 0.6) is 0 Å². The SMILES string of the molecule is O=C(C=C1c2ccccc2N(C(=O)c2ccc(NC(=O)c3ccccc3-c3ccccc3)cc2)CCC1(F)F)NCc1ccccc1. The number of nitrogens with zero attached hydrogens (tertiary/aromatic N) is 1. The van der Waals surface area contributed by atoms with Crippen LogP contribution in [0.1, 0.15) is 38.3 Å². The van der Waals surface area contributed by atoms with E-state index in [1.165, 1.54) is 11.0 Å². The van der Waals surface area contributed by atoms with E-state index in [0.717, 1.165) is 22.8 Å². The predicted molar refractivity (Wildman–Crippen MR) is 180 cm³/mol. The Balaban J connectivity index is 1.21. The second-order valence-electron chi connectivity index (χ2n) is 11.1. The van der Waals surface area contributed by atoms with E-state index in [-0.39, 0.29) is 35.8 Å². The van der Waals surface area contributed by atoms with Crippen LogP contribution in [0, 0.1) is 0 Å². The van der Waals surface area contributed by atoms with Gasteiger partial charge in [-0.1, -0.05) is 97.1 Å². The van der Waals surface area contributed by atoms with Gasteiger partial charge < -0.3 is 15.5 Å². The Labute approximate surface area is 271 Å². The Kier molecular flexibility index (Phi) is 9.02. The minimum atomic E-state index is -3.36. The number of allylic oxidation sites excluding steroid dienone is 1. The third-order valence-electron chi connectivity index (χ3n) is 8.00. The average Bonchev–Trinajstić information content (AvgIpc) is 3.21. The molecule has 0 fully saturated rings. The summed E-state index contributed by atoms with van der Waals surface area (Å²) < 4.78 is 31.2. The predicted octanol–water partition coefficient (Wildman–Crippen LogP) is 7.99. The fourth-order valence-corrected chi connectivity index (χ4v) is 5.60. The van der Waals surface area contributed by atoms with Gasteiger partial charge in [0, 0.05) is 53.5 Å². The summed E-state index contributed by atoms with van der Waals surface area (Å²) in [5.74, 6) is -4.80. The largest absolute Gasteiger partial charge is 0.348 e. The number of benzene rings is 5. The number of fused-ring (bicyclic) bond motifs is 1. The first-order valence-corrected chi connectivity index (χ1v) is 15.2. The van der Waals surface area contributed by atoms with Crippen molar-refractivity contribution in [3.63, 3.8) is 0 Å². The molecule has 0 saturated carbocycles. The molecule has 0 unspecified atom stereocenters. The summed E-state index contributed by atoms with van der Waals surface area (Å²) in [7, 11) is 0. The van der Waals surface area contributed by atoms with Crippen molar-refractivity contribution in [2.75, 3.05) is 16.8 Å². The molecule has 1 aliphatic heterocycles. The molecule has 234 valence electrons. The van der Waals surface area contributed by atoms with Gasteiger partial charge in [-0.2, -0.15) is 0 Å². The van der Waals surface area contributed by atoms with Crippen LogP contribution < -0.4 is 15.5 Å². The van der Waals surface area contributed by atoms with E-state index in [2.05, 4.69) is 10.6 Å². The lowest BCUT2D eigenvalue weighted by atomic mass is 9.97. The van der Waals surface area contributed by atoms with Gasteiger partial charge >= 0.3 is 0 Å². The molecule has 6 rings (SSSR count). The summed E-state index contributed by atoms with van der Waals surface area (Å²) in [6, 6.07) is 38.8. The Hall–Kier alpha value is -5.89. The van der Waals surface area contributed by atoms with E-state index in [0.29, 0.717) is 11.3 Å². The maximum Gasteiger partial charge on any atom is 0.275 e. The van der Waals surface area contributed by atoms with Gasteiger partial charge in [0.15, 0.2) is 0 Å². The number of anilines is 2. The Morgan fingerprint density at radius 3 is 2.06 bits per heavy atom. The molecule has 2 N–H and O–H groups in total. The molecule has 0 atom stereocenters. The number of halogens is 2. The van der Waals surface area contributed by atoms with Crippen LogP contribution in [-0.4, -0.2) is 30.2 Å². The van der Waals surface area contributed by atoms with Crippen LogP contribution in [-0.2, 0) is 11.3 Å². The van der Waals surface area contributed by atoms with Gasteiger partial charge in [0.2, 0.25) is 5.91 Å². The van der Waals surface area contributed by atoms with Crippen molar-refractivity contribution in [1.82, 2.24) is 5.32 Å². The highest BCUT2D eigenvalue weighted by atomic mass is 19.3. The Morgan fingerprint density at radius 1 is 0.723 bits per heavy atom. The molecule has 3 amide bonds. The highest BCUT2D eigenvalue weighted by molar-refractivity contribution is 6.11. The minimum absolute atomic E-state index is 0.110. The monoisotopic (exact) mass is 627 g/mol. The standard InChI is InChI=1S/C39H31F2N3O3/c40-39(41)23-24-44(35-18-10-9-17-33(35)34(39)25-36(45)42-26-27-11-3-1-4-12-27)38(47)29-19-21-30(22-20-29)43-37(46)32-16-8-7-15-31(32)28-13-5-2-6-14-28/h1-22,25H,23-24,26H2,(H,42,45)(H,43,46). The first-order valence-electron chi connectivity index (χ1n) is 15.2. The summed E-state index contributed by atoms with van der Waals surface area (Å²) in [6.07, 6.45) is 0.267. The highest BCUT2D eigenvalue weighted by Gasteiger charge is 2.41.